The summed E-state index contributed by atoms with van der Waals surface area (Å²) in [6.45, 7) is 0. The molecule has 0 aliphatic carbocycles. The Morgan fingerprint density at radius 2 is 1.50 bits per heavy atom. The maximum absolute atomic E-state index is 11.9. The third-order valence-corrected chi connectivity index (χ3v) is 3.04. The molecule has 0 spiro atoms. The van der Waals surface area contributed by atoms with Gasteiger partial charge < -0.3 is 0 Å². The molecule has 1 aromatic rings. The Morgan fingerprint density at radius 1 is 1.00 bits per heavy atom. The van der Waals surface area contributed by atoms with Crippen LogP contribution in [-0.4, -0.2) is 14.2 Å². The lowest BCUT2D eigenvalue weighted by molar-refractivity contribution is -0.239. The van der Waals surface area contributed by atoms with E-state index in [1.54, 1.807) is 30.3 Å². The first-order valence-corrected chi connectivity index (χ1v) is 5.37. The minimum Gasteiger partial charge on any atom is -0.250 e. The fraction of sp³-hybridized carbons (Fsp3) is 0.250. The van der Waals surface area contributed by atoms with E-state index in [0.29, 0.717) is 5.30 Å². The molecule has 5 nitrogen and oxygen atoms in total. The maximum Gasteiger partial charge on any atom is 0.414 e. The topological polar surface area (TPSA) is 54.0 Å². The highest BCUT2D eigenvalue weighted by atomic mass is 31.2. The highest BCUT2D eigenvalue weighted by Crippen LogP contribution is 2.46. The highest BCUT2D eigenvalue weighted by molar-refractivity contribution is 7.61. The Morgan fingerprint density at radius 3 is 1.93 bits per heavy atom. The quantitative estimate of drug-likeness (QED) is 0.427. The van der Waals surface area contributed by atoms with Gasteiger partial charge in [0, 0.05) is 0 Å². The summed E-state index contributed by atoms with van der Waals surface area (Å²) in [6, 6.07) is 8.39. The molecule has 0 atom stereocenters. The fourth-order valence-electron chi connectivity index (χ4n) is 0.905. The van der Waals surface area contributed by atoms with Crippen LogP contribution in [0, 0.1) is 0 Å². The summed E-state index contributed by atoms with van der Waals surface area (Å²) >= 11 is 0. The summed E-state index contributed by atoms with van der Waals surface area (Å²) in [4.78, 5) is 8.69. The molecule has 0 radical (unpaired) electrons. The molecular weight excluding hydrogens is 207 g/mol. The molecule has 1 rings (SSSR count). The first-order chi connectivity index (χ1) is 6.73. The molecule has 1 aromatic carbocycles. The number of rotatable bonds is 5. The van der Waals surface area contributed by atoms with E-state index in [-0.39, 0.29) is 0 Å². The third-order valence-electron chi connectivity index (χ3n) is 1.42. The van der Waals surface area contributed by atoms with Crippen molar-refractivity contribution in [3.8, 4) is 0 Å². The molecule has 6 heteroatoms. The van der Waals surface area contributed by atoms with Gasteiger partial charge in [0.15, 0.2) is 0 Å². The van der Waals surface area contributed by atoms with E-state index in [9.17, 15) is 4.57 Å². The van der Waals surface area contributed by atoms with Gasteiger partial charge in [-0.2, -0.15) is 0 Å². The second kappa shape index (κ2) is 5.24. The van der Waals surface area contributed by atoms with Crippen LogP contribution in [0.15, 0.2) is 30.3 Å². The van der Waals surface area contributed by atoms with E-state index in [1.807, 2.05) is 0 Å². The van der Waals surface area contributed by atoms with Gasteiger partial charge in [0.1, 0.15) is 0 Å². The van der Waals surface area contributed by atoms with E-state index in [2.05, 4.69) is 19.1 Å². The van der Waals surface area contributed by atoms with Crippen LogP contribution in [0.4, 0.5) is 0 Å². The molecule has 0 aromatic heterocycles. The smallest absolute Gasteiger partial charge is 0.250 e. The Labute approximate surface area is 81.9 Å². The van der Waals surface area contributed by atoms with Gasteiger partial charge in [-0.3, -0.25) is 0 Å². The second-order valence-electron chi connectivity index (χ2n) is 2.32. The zero-order valence-electron chi connectivity index (χ0n) is 7.88. The monoisotopic (exact) mass is 218 g/mol. The van der Waals surface area contributed by atoms with Crippen molar-refractivity contribution in [3.63, 3.8) is 0 Å². The Kier molecular flexibility index (Phi) is 4.25. The molecule has 0 aliphatic rings. The van der Waals surface area contributed by atoms with Crippen LogP contribution >= 0.6 is 7.60 Å². The lowest BCUT2D eigenvalue weighted by atomic mass is 10.4. The number of benzene rings is 1. The van der Waals surface area contributed by atoms with Crippen molar-refractivity contribution >= 4 is 12.9 Å². The van der Waals surface area contributed by atoms with Gasteiger partial charge in [-0.25, -0.2) is 14.3 Å². The predicted molar refractivity (Wildman–Crippen MR) is 49.9 cm³/mol. The SMILES string of the molecule is COOP(=O)(OOC)c1ccccc1. The highest BCUT2D eigenvalue weighted by Gasteiger charge is 2.29. The Bertz CT molecular complexity index is 303. The van der Waals surface area contributed by atoms with Crippen molar-refractivity contribution in [1.82, 2.24) is 0 Å². The first-order valence-electron chi connectivity index (χ1n) is 3.83. The lowest BCUT2D eigenvalue weighted by Crippen LogP contribution is -2.09. The third kappa shape index (κ3) is 2.64. The van der Waals surface area contributed by atoms with E-state index in [4.69, 9.17) is 0 Å². The van der Waals surface area contributed by atoms with Crippen molar-refractivity contribution in [1.29, 1.82) is 0 Å². The minimum atomic E-state index is -3.52. The Balaban J connectivity index is 2.94. The van der Waals surface area contributed by atoms with E-state index < -0.39 is 7.60 Å². The second-order valence-corrected chi connectivity index (χ2v) is 4.12. The van der Waals surface area contributed by atoms with Crippen LogP contribution in [0.2, 0.25) is 0 Å². The summed E-state index contributed by atoms with van der Waals surface area (Å²) in [6.07, 6.45) is 0. The van der Waals surface area contributed by atoms with Crippen molar-refractivity contribution in [3.05, 3.63) is 30.3 Å². The van der Waals surface area contributed by atoms with E-state index >= 15 is 0 Å². The maximum atomic E-state index is 11.9. The summed E-state index contributed by atoms with van der Waals surface area (Å²) in [5, 5.41) is 0.365. The summed E-state index contributed by atoms with van der Waals surface area (Å²) < 4.78 is 21.0. The van der Waals surface area contributed by atoms with E-state index in [1.165, 1.54) is 14.2 Å². The minimum absolute atomic E-state index is 0.365. The van der Waals surface area contributed by atoms with Gasteiger partial charge in [-0.05, 0) is 12.1 Å². The molecule has 0 saturated carbocycles. The van der Waals surface area contributed by atoms with Crippen LogP contribution in [0.5, 0.6) is 0 Å². The fourth-order valence-corrected chi connectivity index (χ4v) is 2.03. The van der Waals surface area contributed by atoms with Crippen LogP contribution in [0.25, 0.3) is 0 Å². The van der Waals surface area contributed by atoms with Crippen molar-refractivity contribution in [2.75, 3.05) is 14.2 Å². The average molecular weight is 218 g/mol. The summed E-state index contributed by atoms with van der Waals surface area (Å²) in [5.74, 6) is 0. The Hall–Kier alpha value is -0.710. The normalized spacial score (nSPS) is 11.6. The molecule has 0 amide bonds. The summed E-state index contributed by atoms with van der Waals surface area (Å²) in [5.41, 5.74) is 0. The molecule has 0 unspecified atom stereocenters. The molecule has 14 heavy (non-hydrogen) atoms. The molecule has 0 saturated heterocycles. The van der Waals surface area contributed by atoms with Gasteiger partial charge in [0.2, 0.25) is 0 Å². The predicted octanol–water partition coefficient (Wildman–Crippen LogP) is 1.66. The van der Waals surface area contributed by atoms with Crippen LogP contribution in [0.3, 0.4) is 0 Å². The molecule has 0 bridgehead atoms. The first kappa shape index (κ1) is 11.4. The van der Waals surface area contributed by atoms with Gasteiger partial charge in [-0.15, -0.1) is 9.35 Å². The lowest BCUT2D eigenvalue weighted by Gasteiger charge is -2.13. The molecule has 0 N–H and O–H groups in total. The van der Waals surface area contributed by atoms with E-state index in [0.717, 1.165) is 0 Å². The van der Waals surface area contributed by atoms with Crippen molar-refractivity contribution in [2.45, 2.75) is 0 Å². The van der Waals surface area contributed by atoms with Crippen LogP contribution < -0.4 is 5.30 Å². The standard InChI is InChI=1S/C8H11O5P/c1-10-12-14(9,13-11-2)8-6-4-3-5-7-8/h3-7H,1-2H3. The number of hydrogen-bond acceptors (Lipinski definition) is 5. The van der Waals surface area contributed by atoms with Crippen LogP contribution in [0.1, 0.15) is 0 Å². The van der Waals surface area contributed by atoms with Crippen LogP contribution in [-0.2, 0) is 23.7 Å². The van der Waals surface area contributed by atoms with Gasteiger partial charge >= 0.3 is 7.60 Å². The molecule has 0 aliphatic heterocycles. The van der Waals surface area contributed by atoms with Crippen molar-refractivity contribution in [2.24, 2.45) is 0 Å². The van der Waals surface area contributed by atoms with Gasteiger partial charge in [0.25, 0.3) is 0 Å². The zero-order valence-corrected chi connectivity index (χ0v) is 8.77. The van der Waals surface area contributed by atoms with Crippen molar-refractivity contribution < 1.29 is 23.7 Å². The summed E-state index contributed by atoms with van der Waals surface area (Å²) in [7, 11) is -1.03. The molecule has 0 fully saturated rings. The molecular formula is C8H11O5P. The average Bonchev–Trinajstić information content (AvgIpc) is 2.20. The number of hydrogen-bond donors (Lipinski definition) is 0. The molecule has 78 valence electrons. The zero-order chi connectivity index (χ0) is 10.4. The largest absolute Gasteiger partial charge is 0.414 e. The van der Waals surface area contributed by atoms with Gasteiger partial charge in [0.05, 0.1) is 19.5 Å². The molecule has 0 heterocycles. The van der Waals surface area contributed by atoms with Gasteiger partial charge in [-0.1, -0.05) is 18.2 Å².